The summed E-state index contributed by atoms with van der Waals surface area (Å²) in [5.41, 5.74) is 8.03. The van der Waals surface area contributed by atoms with Crippen LogP contribution < -0.4 is 35.2 Å². The number of hydrazone groups is 1. The van der Waals surface area contributed by atoms with Crippen molar-refractivity contribution >= 4 is 54.6 Å². The average Bonchev–Trinajstić information content (AvgIpc) is 3.62. The van der Waals surface area contributed by atoms with Crippen LogP contribution in [0.1, 0.15) is 29.2 Å². The van der Waals surface area contributed by atoms with Gasteiger partial charge in [-0.2, -0.15) is 4.31 Å². The molecule has 0 unspecified atom stereocenters. The van der Waals surface area contributed by atoms with E-state index in [-0.39, 0.29) is 37.6 Å². The minimum atomic E-state index is -4.72. The van der Waals surface area contributed by atoms with Crippen molar-refractivity contribution in [2.45, 2.75) is 42.4 Å². The number of amides is 1. The van der Waals surface area contributed by atoms with E-state index in [4.69, 9.17) is 19.3 Å². The van der Waals surface area contributed by atoms with Gasteiger partial charge in [0.1, 0.15) is 27.0 Å². The van der Waals surface area contributed by atoms with Crippen molar-refractivity contribution in [3.8, 4) is 17.2 Å². The smallest absolute Gasteiger partial charge is 0.404 e. The molecule has 1 amide bonds. The van der Waals surface area contributed by atoms with Crippen LogP contribution >= 0.6 is 22.6 Å². The van der Waals surface area contributed by atoms with E-state index in [2.05, 4.69) is 26.1 Å². The second kappa shape index (κ2) is 17.6. The molecule has 0 aliphatic carbocycles. The molecular formula is C35H40IN7O9S2. The maximum absolute atomic E-state index is 15.3. The first-order valence-corrected chi connectivity index (χ1v) is 20.3. The number of nitrogens with zero attached hydrogens (tertiary/aromatic N) is 3. The van der Waals surface area contributed by atoms with Crippen LogP contribution in [0, 0.1) is 3.57 Å². The molecule has 19 heteroatoms. The van der Waals surface area contributed by atoms with Gasteiger partial charge in [-0.1, -0.05) is 36.4 Å². The molecule has 16 nitrogen and oxygen atoms in total. The molecule has 1 heterocycles. The topological polar surface area (TPSA) is 200 Å². The van der Waals surface area contributed by atoms with E-state index in [1.807, 2.05) is 34.7 Å². The molecular weight excluding hydrogens is 853 g/mol. The van der Waals surface area contributed by atoms with E-state index in [0.29, 0.717) is 31.9 Å². The molecule has 1 atom stereocenters. The van der Waals surface area contributed by atoms with Gasteiger partial charge in [0.05, 0.1) is 33.4 Å². The van der Waals surface area contributed by atoms with E-state index in [9.17, 15) is 13.2 Å². The Labute approximate surface area is 327 Å². The lowest BCUT2D eigenvalue weighted by Gasteiger charge is -2.26. The average molecular weight is 894 g/mol. The number of hydrazine groups is 2. The van der Waals surface area contributed by atoms with Gasteiger partial charge >= 0.3 is 6.09 Å². The van der Waals surface area contributed by atoms with Gasteiger partial charge in [0, 0.05) is 29.2 Å². The first-order chi connectivity index (χ1) is 25.7. The summed E-state index contributed by atoms with van der Waals surface area (Å²) in [5, 5.41) is 17.3. The van der Waals surface area contributed by atoms with Crippen LogP contribution in [-0.4, -0.2) is 77.2 Å². The molecule has 5 N–H and O–H groups in total. The number of rotatable bonds is 17. The Morgan fingerprint density at radius 1 is 0.833 bits per heavy atom. The fraction of sp³-hybridized carbons (Fsp3) is 0.257. The van der Waals surface area contributed by atoms with E-state index in [0.717, 1.165) is 5.56 Å². The van der Waals surface area contributed by atoms with Gasteiger partial charge in [-0.25, -0.2) is 31.9 Å². The van der Waals surface area contributed by atoms with Crippen LogP contribution in [0.2, 0.25) is 0 Å². The first-order valence-electron chi connectivity index (χ1n) is 16.3. The molecule has 288 valence electrons. The fourth-order valence-electron chi connectivity index (χ4n) is 5.41. The molecule has 54 heavy (non-hydrogen) atoms. The highest BCUT2D eigenvalue weighted by Gasteiger charge is 2.38. The highest BCUT2D eigenvalue weighted by molar-refractivity contribution is 14.1. The van der Waals surface area contributed by atoms with Gasteiger partial charge in [-0.15, -0.1) is 10.2 Å². The Kier molecular flexibility index (Phi) is 13.2. The van der Waals surface area contributed by atoms with E-state index < -0.39 is 42.0 Å². The number of benzene rings is 4. The summed E-state index contributed by atoms with van der Waals surface area (Å²) < 4.78 is 78.5. The first kappa shape index (κ1) is 40.5. The zero-order valence-electron chi connectivity index (χ0n) is 29.7. The summed E-state index contributed by atoms with van der Waals surface area (Å²) >= 11 is 1.95. The Hall–Kier alpha value is -4.67. The summed E-state index contributed by atoms with van der Waals surface area (Å²) in [6.07, 6.45) is -1.34. The number of nitrogens with one attached hydrogen (secondary N) is 4. The third kappa shape index (κ3) is 9.89. The third-order valence-electron chi connectivity index (χ3n) is 8.20. The normalized spacial score (nSPS) is 13.8. The number of halogens is 1. The van der Waals surface area contributed by atoms with Gasteiger partial charge in [-0.05, 0) is 94.7 Å². The molecule has 0 fully saturated rings. The molecule has 0 spiro atoms. The maximum Gasteiger partial charge on any atom is 0.404 e. The highest BCUT2D eigenvalue weighted by Crippen LogP contribution is 2.34. The van der Waals surface area contributed by atoms with Crippen molar-refractivity contribution in [1.82, 2.24) is 30.4 Å². The lowest BCUT2D eigenvalue weighted by atomic mass is 10.2. The molecule has 4 aromatic carbocycles. The van der Waals surface area contributed by atoms with Gasteiger partial charge in [0.15, 0.2) is 5.84 Å². The van der Waals surface area contributed by atoms with Crippen LogP contribution in [0.25, 0.3) is 0 Å². The number of methoxy groups -OCH3 is 3. The van der Waals surface area contributed by atoms with Gasteiger partial charge in [0.2, 0.25) is 20.0 Å². The van der Waals surface area contributed by atoms with Crippen molar-refractivity contribution < 1.29 is 40.9 Å². The minimum absolute atomic E-state index is 0.00868. The number of ether oxygens (including phenoxy) is 3. The number of sulfonamides is 2. The minimum Gasteiger partial charge on any atom is -0.497 e. The van der Waals surface area contributed by atoms with Gasteiger partial charge in [0.25, 0.3) is 0 Å². The van der Waals surface area contributed by atoms with E-state index in [1.54, 1.807) is 67.8 Å². The van der Waals surface area contributed by atoms with Crippen LogP contribution in [0.3, 0.4) is 0 Å². The molecule has 0 bridgehead atoms. The molecule has 1 aliphatic rings. The van der Waals surface area contributed by atoms with Crippen LogP contribution in [0.4, 0.5) is 4.79 Å². The van der Waals surface area contributed by atoms with Crippen molar-refractivity contribution in [3.63, 3.8) is 0 Å². The lowest BCUT2D eigenvalue weighted by Crippen LogP contribution is -2.43. The third-order valence-corrected chi connectivity index (χ3v) is 12.6. The molecule has 0 radical (unpaired) electrons. The largest absolute Gasteiger partial charge is 0.497 e. The summed E-state index contributed by atoms with van der Waals surface area (Å²) in [7, 11) is -4.70. The number of carboxylic acid groups (broad SMARTS) is 1. The Morgan fingerprint density at radius 3 is 1.81 bits per heavy atom. The van der Waals surface area contributed by atoms with E-state index >= 15 is 8.42 Å². The molecule has 0 saturated carbocycles. The quantitative estimate of drug-likeness (QED) is 0.0962. The van der Waals surface area contributed by atoms with Crippen LogP contribution in [0.15, 0.2) is 99.8 Å². The Morgan fingerprint density at radius 2 is 1.33 bits per heavy atom. The molecule has 5 rings (SSSR count). The fourth-order valence-corrected chi connectivity index (χ4v) is 9.85. The second-order valence-corrected chi connectivity index (χ2v) is 16.8. The predicted octanol–water partition coefficient (Wildman–Crippen LogP) is 3.83. The number of carbonyl (C=O) groups is 1. The molecule has 4 aromatic rings. The molecule has 0 saturated heterocycles. The summed E-state index contributed by atoms with van der Waals surface area (Å²) in [5.74, 6) is 1.88. The SMILES string of the molecule is COc1ccc(CN2NN=C(c3c(I)ccc(S(=O)(=O)NC[C@H](C)NC(=O)O)c3S(=O)(=O)N(Cc3ccc(OC)cc3)Cc3ccc(OC)cc3)N2)cc1. The number of hydrogen-bond donors (Lipinski definition) is 5. The number of amidine groups is 1. The standard InChI is InChI=1S/C35H40IN7O9S2/c1-23(38-35(44)45)19-37-53(46,47)31-18-17-30(36)32(34-39-41-43(40-34)22-26-9-15-29(52-4)16-10-26)33(31)54(48,49)42(20-24-5-11-27(50-2)12-6-24)21-25-7-13-28(51-3)14-8-25/h5-18,23,37-38,41H,19-22H2,1-4H3,(H,39,40)(H,44,45)/t23-/m0/s1. The zero-order valence-corrected chi connectivity index (χ0v) is 33.5. The molecule has 0 aromatic heterocycles. The van der Waals surface area contributed by atoms with Gasteiger partial charge < -0.3 is 24.6 Å². The zero-order chi connectivity index (χ0) is 39.0. The van der Waals surface area contributed by atoms with E-state index in [1.165, 1.54) is 42.7 Å². The number of hydrogen-bond acceptors (Lipinski definition) is 12. The monoisotopic (exact) mass is 893 g/mol. The predicted molar refractivity (Wildman–Crippen MR) is 209 cm³/mol. The highest BCUT2D eigenvalue weighted by atomic mass is 127. The second-order valence-electron chi connectivity index (χ2n) is 12.0. The maximum atomic E-state index is 15.3. The van der Waals surface area contributed by atoms with Crippen molar-refractivity contribution in [3.05, 3.63) is 111 Å². The van der Waals surface area contributed by atoms with Crippen molar-refractivity contribution in [2.24, 2.45) is 5.10 Å². The summed E-state index contributed by atoms with van der Waals surface area (Å²) in [6.45, 7) is 1.12. The van der Waals surface area contributed by atoms with Crippen LogP contribution in [0.5, 0.6) is 17.2 Å². The Bertz CT molecular complexity index is 2140. The summed E-state index contributed by atoms with van der Waals surface area (Å²) in [6, 6.07) is 22.9. The van der Waals surface area contributed by atoms with Crippen molar-refractivity contribution in [1.29, 1.82) is 0 Å². The van der Waals surface area contributed by atoms with Crippen LogP contribution in [-0.2, 0) is 39.7 Å². The molecule has 1 aliphatic heterocycles. The van der Waals surface area contributed by atoms with Crippen molar-refractivity contribution in [2.75, 3.05) is 27.9 Å². The summed E-state index contributed by atoms with van der Waals surface area (Å²) in [4.78, 5) is 10.1. The Balaban J connectivity index is 1.62. The lowest BCUT2D eigenvalue weighted by molar-refractivity contribution is 0.170. The van der Waals surface area contributed by atoms with Gasteiger partial charge in [-0.3, -0.25) is 5.43 Å².